The van der Waals surface area contributed by atoms with Gasteiger partial charge in [0.15, 0.2) is 0 Å². The van der Waals surface area contributed by atoms with E-state index >= 15 is 0 Å². The van der Waals surface area contributed by atoms with Crippen LogP contribution in [0.1, 0.15) is 11.1 Å². The Bertz CT molecular complexity index is 2390. The Morgan fingerprint density at radius 1 is 0.360 bits per heavy atom. The van der Waals surface area contributed by atoms with Gasteiger partial charge in [-0.2, -0.15) is 0 Å². The van der Waals surface area contributed by atoms with Crippen molar-refractivity contribution in [3.63, 3.8) is 0 Å². The first-order valence-electron chi connectivity index (χ1n) is 17.0. The second kappa shape index (κ2) is 12.2. The summed E-state index contributed by atoms with van der Waals surface area (Å²) in [6, 6.07) is 55.7. The van der Waals surface area contributed by atoms with Gasteiger partial charge in [0.1, 0.15) is 0 Å². The Morgan fingerprint density at radius 3 is 1.00 bits per heavy atom. The Balaban J connectivity index is 1.19. The van der Waals surface area contributed by atoms with Crippen LogP contribution in [0, 0.1) is 13.8 Å². The normalized spacial score (nSPS) is 11.4. The monoisotopic (exact) mass is 642 g/mol. The summed E-state index contributed by atoms with van der Waals surface area (Å²) in [7, 11) is 0. The summed E-state index contributed by atoms with van der Waals surface area (Å²) in [6.07, 6.45) is 4.03. The van der Waals surface area contributed by atoms with Gasteiger partial charge in [0.05, 0.1) is 11.0 Å². The molecule has 0 bridgehead atoms. The van der Waals surface area contributed by atoms with Gasteiger partial charge in [-0.15, -0.1) is 0 Å². The molecule has 0 atom stereocenters. The average Bonchev–Trinajstić information content (AvgIpc) is 3.16. The smallest absolute Gasteiger partial charge is 0.0971 e. The number of rotatable bonds is 6. The molecular weight excluding hydrogens is 609 g/mol. The second-order valence-electron chi connectivity index (χ2n) is 12.8. The van der Waals surface area contributed by atoms with E-state index in [4.69, 9.17) is 9.97 Å². The van der Waals surface area contributed by atoms with Crippen molar-refractivity contribution in [2.24, 2.45) is 0 Å². The molecule has 0 N–H and O–H groups in total. The minimum atomic E-state index is 0.925. The van der Waals surface area contributed by atoms with Crippen LogP contribution in [-0.4, -0.2) is 9.97 Å². The van der Waals surface area contributed by atoms with Crippen LogP contribution in [0.25, 0.3) is 43.4 Å². The predicted molar refractivity (Wildman–Crippen MR) is 211 cm³/mol. The van der Waals surface area contributed by atoms with Crippen LogP contribution in [0.15, 0.2) is 170 Å². The molecule has 0 spiro atoms. The van der Waals surface area contributed by atoms with Crippen LogP contribution >= 0.6 is 0 Å². The van der Waals surface area contributed by atoms with Crippen LogP contribution in [0.5, 0.6) is 0 Å². The molecule has 9 aromatic rings. The zero-order valence-electron chi connectivity index (χ0n) is 28.0. The van der Waals surface area contributed by atoms with Crippen molar-refractivity contribution in [1.82, 2.24) is 9.97 Å². The van der Waals surface area contributed by atoms with Gasteiger partial charge in [-0.25, -0.2) is 0 Å². The quantitative estimate of drug-likeness (QED) is 0.169. The lowest BCUT2D eigenvalue weighted by Crippen LogP contribution is -2.10. The van der Waals surface area contributed by atoms with Crippen LogP contribution in [0.2, 0.25) is 0 Å². The number of anilines is 6. The molecule has 238 valence electrons. The van der Waals surface area contributed by atoms with Crippen molar-refractivity contribution in [1.29, 1.82) is 0 Å². The van der Waals surface area contributed by atoms with Gasteiger partial charge in [0, 0.05) is 68.1 Å². The maximum atomic E-state index is 5.10. The van der Waals surface area contributed by atoms with Crippen molar-refractivity contribution in [2.45, 2.75) is 13.8 Å². The summed E-state index contributed by atoms with van der Waals surface area (Å²) in [5, 5.41) is 6.85. The third-order valence-electron chi connectivity index (χ3n) is 9.63. The number of fused-ring (bicyclic) bond motifs is 7. The van der Waals surface area contributed by atoms with E-state index in [2.05, 4.69) is 181 Å². The van der Waals surface area contributed by atoms with Gasteiger partial charge >= 0.3 is 0 Å². The van der Waals surface area contributed by atoms with Crippen LogP contribution < -0.4 is 9.80 Å². The molecule has 7 aromatic carbocycles. The van der Waals surface area contributed by atoms with Crippen molar-refractivity contribution in [2.75, 3.05) is 9.80 Å². The lowest BCUT2D eigenvalue weighted by atomic mass is 9.96. The lowest BCUT2D eigenvalue weighted by Gasteiger charge is -2.26. The maximum Gasteiger partial charge on any atom is 0.0971 e. The highest BCUT2D eigenvalue weighted by atomic mass is 15.1. The Hall–Kier alpha value is -6.52. The van der Waals surface area contributed by atoms with E-state index in [-0.39, 0.29) is 0 Å². The molecule has 9 rings (SSSR count). The molecule has 0 radical (unpaired) electrons. The fourth-order valence-corrected chi connectivity index (χ4v) is 7.50. The van der Waals surface area contributed by atoms with Crippen molar-refractivity contribution >= 4 is 77.5 Å². The lowest BCUT2D eigenvalue weighted by molar-refractivity contribution is 1.28. The SMILES string of the molecule is Cc1cc(N(c2ccccc2)c2ccccc2)cc2cnc3c(ccc4c3ncc3cc(N(c5ccccc5)c5ccccc5)cc(C)c34)c12. The summed E-state index contributed by atoms with van der Waals surface area (Å²) in [5.74, 6) is 0. The molecule has 0 saturated heterocycles. The average molecular weight is 643 g/mol. The van der Waals surface area contributed by atoms with E-state index in [1.54, 1.807) is 0 Å². The number of hydrogen-bond donors (Lipinski definition) is 0. The summed E-state index contributed by atoms with van der Waals surface area (Å²) in [6.45, 7) is 4.41. The number of benzene rings is 7. The second-order valence-corrected chi connectivity index (χ2v) is 12.8. The summed E-state index contributed by atoms with van der Waals surface area (Å²) >= 11 is 0. The molecule has 0 aliphatic carbocycles. The van der Waals surface area contributed by atoms with Crippen LogP contribution in [-0.2, 0) is 0 Å². The number of aromatic nitrogens is 2. The van der Waals surface area contributed by atoms with Crippen molar-refractivity contribution in [3.05, 3.63) is 181 Å². The highest BCUT2D eigenvalue weighted by molar-refractivity contribution is 6.20. The first kappa shape index (κ1) is 29.6. The fraction of sp³-hybridized carbons (Fsp3) is 0.0435. The topological polar surface area (TPSA) is 32.3 Å². The Kier molecular flexibility index (Phi) is 7.21. The van der Waals surface area contributed by atoms with Gasteiger partial charge in [-0.1, -0.05) is 84.9 Å². The maximum absolute atomic E-state index is 5.10. The van der Waals surface area contributed by atoms with Crippen LogP contribution in [0.4, 0.5) is 34.1 Å². The van der Waals surface area contributed by atoms with Gasteiger partial charge < -0.3 is 9.80 Å². The van der Waals surface area contributed by atoms with E-state index in [1.165, 1.54) is 21.9 Å². The molecule has 0 fully saturated rings. The number of nitrogens with zero attached hydrogens (tertiary/aromatic N) is 4. The molecule has 0 aliphatic heterocycles. The van der Waals surface area contributed by atoms with Crippen LogP contribution in [0.3, 0.4) is 0 Å². The molecule has 50 heavy (non-hydrogen) atoms. The predicted octanol–water partition coefficient (Wildman–Crippen LogP) is 12.6. The number of aryl methyl sites for hydroxylation is 2. The van der Waals surface area contributed by atoms with E-state index in [0.29, 0.717) is 0 Å². The molecular formula is C46H34N4. The van der Waals surface area contributed by atoms with Gasteiger partial charge in [0.2, 0.25) is 0 Å². The van der Waals surface area contributed by atoms with E-state index in [1.807, 2.05) is 12.4 Å². The van der Waals surface area contributed by atoms with E-state index in [0.717, 1.165) is 66.7 Å². The Labute approximate surface area is 291 Å². The number of pyridine rings is 2. The van der Waals surface area contributed by atoms with Crippen molar-refractivity contribution < 1.29 is 0 Å². The summed E-state index contributed by atoms with van der Waals surface area (Å²) in [4.78, 5) is 14.8. The number of para-hydroxylation sites is 4. The van der Waals surface area contributed by atoms with Gasteiger partial charge in [-0.05, 0) is 109 Å². The minimum Gasteiger partial charge on any atom is -0.310 e. The molecule has 4 heteroatoms. The van der Waals surface area contributed by atoms with Gasteiger partial charge in [-0.3, -0.25) is 9.97 Å². The Morgan fingerprint density at radius 2 is 0.680 bits per heavy atom. The molecule has 0 aliphatic rings. The molecule has 2 aromatic heterocycles. The molecule has 0 amide bonds. The fourth-order valence-electron chi connectivity index (χ4n) is 7.50. The summed E-state index contributed by atoms with van der Waals surface area (Å²) in [5.41, 5.74) is 10.9. The summed E-state index contributed by atoms with van der Waals surface area (Å²) < 4.78 is 0. The highest BCUT2D eigenvalue weighted by Gasteiger charge is 2.19. The molecule has 0 unspecified atom stereocenters. The van der Waals surface area contributed by atoms with E-state index in [9.17, 15) is 0 Å². The number of hydrogen-bond acceptors (Lipinski definition) is 4. The molecule has 4 nitrogen and oxygen atoms in total. The third-order valence-corrected chi connectivity index (χ3v) is 9.63. The van der Waals surface area contributed by atoms with Crippen molar-refractivity contribution in [3.8, 4) is 0 Å². The molecule has 2 heterocycles. The first-order chi connectivity index (χ1) is 24.6. The molecule has 0 saturated carbocycles. The first-order valence-corrected chi connectivity index (χ1v) is 17.0. The zero-order valence-corrected chi connectivity index (χ0v) is 28.0. The van der Waals surface area contributed by atoms with E-state index < -0.39 is 0 Å². The highest BCUT2D eigenvalue weighted by Crippen LogP contribution is 2.42. The zero-order chi connectivity index (χ0) is 33.6. The largest absolute Gasteiger partial charge is 0.310 e. The van der Waals surface area contributed by atoms with Gasteiger partial charge in [0.25, 0.3) is 0 Å². The standard InChI is InChI=1S/C46H34N4/c1-31-25-39(49(35-15-7-3-8-16-35)36-17-9-4-10-18-36)27-33-29-47-45-41(43(31)33)23-24-42-44-32(2)26-40(28-34(44)30-48-46(42)45)50(37-19-11-5-12-20-37)38-21-13-6-14-22-38/h3-30H,1-2H3. The third kappa shape index (κ3) is 5.01. The minimum absolute atomic E-state index is 0.925.